The van der Waals surface area contributed by atoms with Crippen LogP contribution in [0.4, 0.5) is 0 Å². The number of rotatable bonds is 9. The Morgan fingerprint density at radius 2 is 0.654 bits per heavy atom. The van der Waals surface area contributed by atoms with Crippen LogP contribution in [0, 0.1) is 0 Å². The second-order valence-electron chi connectivity index (χ2n) is 12.2. The van der Waals surface area contributed by atoms with E-state index in [0.29, 0.717) is 5.54 Å². The minimum absolute atomic E-state index is 0.695. The van der Waals surface area contributed by atoms with Crippen LogP contribution < -0.4 is 0 Å². The van der Waals surface area contributed by atoms with Gasteiger partial charge in [0.15, 0.2) is 8.32 Å². The molecule has 0 radical (unpaired) electrons. The van der Waals surface area contributed by atoms with Gasteiger partial charge in [-0.3, -0.25) is 0 Å². The molecule has 0 rings (SSSR count). The fourth-order valence-electron chi connectivity index (χ4n) is 4.62. The van der Waals surface area contributed by atoms with Gasteiger partial charge < -0.3 is 4.12 Å². The van der Waals surface area contributed by atoms with E-state index in [1.54, 1.807) is 0 Å². The Bertz CT molecular complexity index is 415. The van der Waals surface area contributed by atoms with Crippen molar-refractivity contribution in [2.75, 3.05) is 0 Å². The van der Waals surface area contributed by atoms with Crippen molar-refractivity contribution in [1.29, 1.82) is 0 Å². The lowest BCUT2D eigenvalue weighted by atomic mass is 10.6. The molecule has 0 amide bonds. The molecule has 1 nitrogen and oxygen atoms in total. The van der Waals surface area contributed by atoms with Gasteiger partial charge in [-0.15, -0.1) is 0 Å². The molecule has 0 saturated carbocycles. The third-order valence-corrected chi connectivity index (χ3v) is 88.2. The van der Waals surface area contributed by atoms with Crippen LogP contribution >= 0.6 is 0 Å². The van der Waals surface area contributed by atoms with Gasteiger partial charge in [0.1, 0.15) is 6.87 Å². The lowest BCUT2D eigenvalue weighted by Crippen LogP contribution is -2.89. The molecule has 0 aliphatic carbocycles. The Hall–Kier alpha value is 1.04. The molecule has 0 aliphatic heterocycles. The van der Waals surface area contributed by atoms with E-state index in [9.17, 15) is 0 Å². The lowest BCUT2D eigenvalue weighted by molar-refractivity contribution is 0.556. The second-order valence-corrected chi connectivity index (χ2v) is 54.9. The van der Waals surface area contributed by atoms with Gasteiger partial charge in [-0.1, -0.05) is 111 Å². The van der Waals surface area contributed by atoms with Crippen LogP contribution in [-0.2, 0) is 4.12 Å². The van der Waals surface area contributed by atoms with Crippen LogP contribution in [0.15, 0.2) is 0 Å². The predicted molar refractivity (Wildman–Crippen MR) is 137 cm³/mol. The van der Waals surface area contributed by atoms with E-state index in [1.807, 2.05) is 0 Å². The Kier molecular flexibility index (Phi) is 8.76. The van der Waals surface area contributed by atoms with E-state index < -0.39 is 38.0 Å². The van der Waals surface area contributed by atoms with Gasteiger partial charge in [-0.05, 0) is 18.6 Å². The van der Waals surface area contributed by atoms with Crippen molar-refractivity contribution < 1.29 is 4.12 Å². The van der Waals surface area contributed by atoms with Crippen LogP contribution in [0.2, 0.25) is 74.5 Å². The summed E-state index contributed by atoms with van der Waals surface area (Å²) in [5.74, 6) is 0. The summed E-state index contributed by atoms with van der Waals surface area (Å²) >= 11 is 0. The van der Waals surface area contributed by atoms with Crippen LogP contribution in [0.1, 0.15) is 55.4 Å². The van der Waals surface area contributed by atoms with Gasteiger partial charge in [-0.2, -0.15) is 0 Å². The molecule has 6 heteroatoms. The molecule has 158 valence electrons. The minimum Gasteiger partial charge on any atom is -0.462 e. The molecule has 0 aliphatic rings. The summed E-state index contributed by atoms with van der Waals surface area (Å²) in [5.41, 5.74) is 3.12. The first-order valence-electron chi connectivity index (χ1n) is 10.9. The molecule has 0 aromatic carbocycles. The Morgan fingerprint density at radius 3 is 0.808 bits per heavy atom. The third kappa shape index (κ3) is 4.30. The molecule has 0 unspecified atom stereocenters. The molecule has 0 aromatic heterocycles. The summed E-state index contributed by atoms with van der Waals surface area (Å²) in [4.78, 5) is 0. The van der Waals surface area contributed by atoms with E-state index in [2.05, 4.69) is 108 Å². The van der Waals surface area contributed by atoms with Crippen LogP contribution in [0.25, 0.3) is 0 Å². The second kappa shape index (κ2) is 8.42. The maximum atomic E-state index is 7.93. The van der Waals surface area contributed by atoms with Gasteiger partial charge in [0.05, 0.1) is 22.8 Å². The zero-order valence-electron chi connectivity index (χ0n) is 21.2. The topological polar surface area (TPSA) is 9.23 Å². The first kappa shape index (κ1) is 27.0. The van der Waals surface area contributed by atoms with Crippen molar-refractivity contribution in [2.24, 2.45) is 0 Å². The molecule has 0 bridgehead atoms. The largest absolute Gasteiger partial charge is 0.462 e. The summed E-state index contributed by atoms with van der Waals surface area (Å²) in [6.07, 6.45) is 0. The number of hydrogen-bond donors (Lipinski definition) is 0. The third-order valence-electron chi connectivity index (χ3n) is 8.86. The summed E-state index contributed by atoms with van der Waals surface area (Å²) in [5, 5.41) is 0. The summed E-state index contributed by atoms with van der Waals surface area (Å²) in [6, 6.07) is 0. The van der Waals surface area contributed by atoms with Gasteiger partial charge in [0.25, 0.3) is 0 Å². The Morgan fingerprint density at radius 1 is 0.423 bits per heavy atom. The van der Waals surface area contributed by atoms with E-state index in [-0.39, 0.29) is 0 Å². The zero-order valence-corrected chi connectivity index (χ0v) is 26.2. The smallest absolute Gasteiger partial charge is 0.175 e. The van der Waals surface area contributed by atoms with Crippen LogP contribution in [-0.4, -0.2) is 38.0 Å². The normalized spacial score (nSPS) is 15.7. The van der Waals surface area contributed by atoms with Crippen molar-refractivity contribution >= 4 is 38.0 Å². The highest BCUT2D eigenvalue weighted by Gasteiger charge is 2.71. The molecule has 0 saturated heterocycles. The Balaban J connectivity index is 7.20. The molecule has 0 aromatic rings. The zero-order chi connectivity index (χ0) is 21.5. The molecule has 26 heavy (non-hydrogen) atoms. The van der Waals surface area contributed by atoms with Gasteiger partial charge in [0.2, 0.25) is 0 Å². The first-order chi connectivity index (χ1) is 11.2. The highest BCUT2D eigenvalue weighted by molar-refractivity contribution is 7.88. The predicted octanol–water partition coefficient (Wildman–Crippen LogP) is 8.15. The van der Waals surface area contributed by atoms with Crippen molar-refractivity contribution in [3.63, 3.8) is 0 Å². The molecule has 0 fully saturated rings. The average Bonchev–Trinajstić information content (AvgIpc) is 2.42. The fourth-order valence-corrected chi connectivity index (χ4v) is 116. The molecule has 0 N–H and O–H groups in total. The van der Waals surface area contributed by atoms with Crippen molar-refractivity contribution in [3.8, 4) is 0 Å². The minimum atomic E-state index is -1.89. The van der Waals surface area contributed by atoms with Crippen LogP contribution in [0.3, 0.4) is 0 Å². The average molecular weight is 449 g/mol. The standard InChI is InChI=1S/C20H52OSi5/c1-17(2)22(9,10)21-26(23(11,12)18(3)4,24(13,14)19(5)6)25(15,16)20(7)8/h17-20H,1-16H3. The van der Waals surface area contributed by atoms with Crippen molar-refractivity contribution in [1.82, 2.24) is 0 Å². The van der Waals surface area contributed by atoms with E-state index in [1.165, 1.54) is 0 Å². The quantitative estimate of drug-likeness (QED) is 0.323. The van der Waals surface area contributed by atoms with Crippen LogP contribution in [0.5, 0.6) is 0 Å². The highest BCUT2D eigenvalue weighted by atomic mass is 29.9. The number of hydrogen-bond acceptors (Lipinski definition) is 1. The van der Waals surface area contributed by atoms with Gasteiger partial charge in [-0.25, -0.2) is 0 Å². The summed E-state index contributed by atoms with van der Waals surface area (Å²) in [6.45, 7) is 39.6. The maximum absolute atomic E-state index is 7.93. The van der Waals surface area contributed by atoms with E-state index in [4.69, 9.17) is 4.12 Å². The molecule has 0 spiro atoms. The molecule has 0 heterocycles. The maximum Gasteiger partial charge on any atom is 0.175 e. The first-order valence-corrected chi connectivity index (χ1v) is 28.1. The van der Waals surface area contributed by atoms with Gasteiger partial charge in [0, 0.05) is 0 Å². The Labute approximate surface area is 171 Å². The van der Waals surface area contributed by atoms with E-state index in [0.717, 1.165) is 16.6 Å². The van der Waals surface area contributed by atoms with E-state index >= 15 is 0 Å². The lowest BCUT2D eigenvalue weighted by Gasteiger charge is -2.65. The highest BCUT2D eigenvalue weighted by Crippen LogP contribution is 2.51. The monoisotopic (exact) mass is 448 g/mol. The van der Waals surface area contributed by atoms with Crippen molar-refractivity contribution in [2.45, 2.75) is 130 Å². The summed E-state index contributed by atoms with van der Waals surface area (Å²) in [7, 11) is -6.33. The van der Waals surface area contributed by atoms with Gasteiger partial charge >= 0.3 is 0 Å². The summed E-state index contributed by atoms with van der Waals surface area (Å²) < 4.78 is 7.93. The molecule has 0 atom stereocenters. The SMILES string of the molecule is CC(C)[Si](C)(C)O[Si]([Si](C)(C)C(C)C)([Si](C)(C)C(C)C)[Si](C)(C)C(C)C. The fraction of sp³-hybridized carbons (Fsp3) is 1.00. The molecular weight excluding hydrogens is 397 g/mol. The molecular formula is C20H52OSi5. The van der Waals surface area contributed by atoms with Crippen molar-refractivity contribution in [3.05, 3.63) is 0 Å².